The zero-order chi connectivity index (χ0) is 33.9. The van der Waals surface area contributed by atoms with Crippen LogP contribution in [0.1, 0.15) is 40.5 Å². The fourth-order valence-electron chi connectivity index (χ4n) is 6.00. The number of carbonyl (C=O) groups is 2. The number of pyridine rings is 1. The van der Waals surface area contributed by atoms with Crippen LogP contribution in [0.25, 0.3) is 10.9 Å². The molecule has 248 valence electrons. The minimum absolute atomic E-state index is 0.111. The highest BCUT2D eigenvalue weighted by Crippen LogP contribution is 2.64. The number of methoxy groups -OCH3 is 1. The number of nitrogens with zero attached hydrogens (tertiary/aromatic N) is 3. The van der Waals surface area contributed by atoms with Crippen LogP contribution in [0.15, 0.2) is 66.9 Å². The van der Waals surface area contributed by atoms with E-state index < -0.39 is 34.3 Å². The van der Waals surface area contributed by atoms with Crippen LogP contribution in [0.5, 0.6) is 23.0 Å². The number of halogens is 2. The molecular formula is C36H40F2N4O5. The minimum atomic E-state index is -1.49. The van der Waals surface area contributed by atoms with Crippen molar-refractivity contribution in [3.63, 3.8) is 0 Å². The number of aromatic nitrogens is 1. The highest BCUT2D eigenvalue weighted by molar-refractivity contribution is 6.17. The number of anilines is 2. The zero-order valence-electron chi connectivity index (χ0n) is 27.3. The minimum Gasteiger partial charge on any atom is -0.493 e. The molecule has 1 aliphatic carbocycles. The van der Waals surface area contributed by atoms with E-state index in [1.165, 1.54) is 41.3 Å². The molecule has 0 aliphatic heterocycles. The fraction of sp³-hybridized carbons (Fsp3) is 0.361. The van der Waals surface area contributed by atoms with Crippen LogP contribution in [0, 0.1) is 22.5 Å². The van der Waals surface area contributed by atoms with Gasteiger partial charge >= 0.3 is 0 Å². The Hall–Kier alpha value is -4.77. The summed E-state index contributed by atoms with van der Waals surface area (Å²) in [6, 6.07) is 14.3. The van der Waals surface area contributed by atoms with E-state index in [4.69, 9.17) is 19.9 Å². The van der Waals surface area contributed by atoms with E-state index in [-0.39, 0.29) is 23.5 Å². The van der Waals surface area contributed by atoms with E-state index in [0.29, 0.717) is 34.8 Å². The molecule has 1 unspecified atom stereocenters. The van der Waals surface area contributed by atoms with Crippen molar-refractivity contribution in [2.24, 2.45) is 16.6 Å². The second-order valence-electron chi connectivity index (χ2n) is 12.2. The Morgan fingerprint density at radius 3 is 2.19 bits per heavy atom. The highest BCUT2D eigenvalue weighted by atomic mass is 19.1. The van der Waals surface area contributed by atoms with Gasteiger partial charge in [-0.05, 0) is 79.9 Å². The number of fused-ring (bicyclic) bond motifs is 1. The van der Waals surface area contributed by atoms with Gasteiger partial charge in [0.15, 0.2) is 23.1 Å². The van der Waals surface area contributed by atoms with E-state index >= 15 is 4.39 Å². The lowest BCUT2D eigenvalue weighted by Gasteiger charge is -2.28. The van der Waals surface area contributed by atoms with Gasteiger partial charge in [-0.3, -0.25) is 19.5 Å². The molecule has 11 heteroatoms. The molecule has 1 atom stereocenters. The van der Waals surface area contributed by atoms with Gasteiger partial charge in [0.2, 0.25) is 11.8 Å². The number of ether oxygens (including phenoxy) is 3. The maximum absolute atomic E-state index is 15.8. The molecule has 0 bridgehead atoms. The molecule has 1 aliphatic rings. The van der Waals surface area contributed by atoms with Gasteiger partial charge in [-0.25, -0.2) is 8.78 Å². The van der Waals surface area contributed by atoms with Crippen molar-refractivity contribution in [1.82, 2.24) is 9.88 Å². The van der Waals surface area contributed by atoms with Crippen LogP contribution < -0.4 is 24.8 Å². The van der Waals surface area contributed by atoms with Gasteiger partial charge in [0.1, 0.15) is 17.0 Å². The number of benzene rings is 3. The lowest BCUT2D eigenvalue weighted by atomic mass is 9.92. The number of carbonyl (C=O) groups excluding carboxylic acids is 2. The summed E-state index contributed by atoms with van der Waals surface area (Å²) in [6.07, 6.45) is 2.63. The fourth-order valence-corrected chi connectivity index (χ4v) is 6.00. The Balaban J connectivity index is 1.43. The molecule has 1 aromatic heterocycles. The molecule has 2 amide bonds. The molecule has 3 aromatic carbocycles. The van der Waals surface area contributed by atoms with Crippen molar-refractivity contribution >= 4 is 34.1 Å². The van der Waals surface area contributed by atoms with Crippen LogP contribution in [0.4, 0.5) is 20.2 Å². The third kappa shape index (κ3) is 6.58. The number of nitrogens with two attached hydrogens (primary N) is 1. The molecule has 5 rings (SSSR count). The van der Waals surface area contributed by atoms with Crippen molar-refractivity contribution in [3.05, 3.63) is 78.5 Å². The lowest BCUT2D eigenvalue weighted by Crippen LogP contribution is -2.44. The molecular weight excluding hydrogens is 606 g/mol. The van der Waals surface area contributed by atoms with Gasteiger partial charge in [0.25, 0.3) is 0 Å². The lowest BCUT2D eigenvalue weighted by molar-refractivity contribution is -0.134. The van der Waals surface area contributed by atoms with Gasteiger partial charge in [-0.15, -0.1) is 0 Å². The monoisotopic (exact) mass is 646 g/mol. The maximum atomic E-state index is 15.8. The third-order valence-corrected chi connectivity index (χ3v) is 8.96. The number of hydrogen-bond donors (Lipinski definition) is 1. The summed E-state index contributed by atoms with van der Waals surface area (Å²) in [6.45, 7) is 11.2. The summed E-state index contributed by atoms with van der Waals surface area (Å²) in [5.41, 5.74) is 4.49. The highest BCUT2D eigenvalue weighted by Gasteiger charge is 2.71. The first-order valence-electron chi connectivity index (χ1n) is 15.6. The second kappa shape index (κ2) is 13.5. The van der Waals surface area contributed by atoms with Crippen molar-refractivity contribution in [2.45, 2.75) is 40.5 Å². The van der Waals surface area contributed by atoms with Crippen LogP contribution in [-0.2, 0) is 9.59 Å². The number of hydrogen-bond acceptors (Lipinski definition) is 7. The van der Waals surface area contributed by atoms with Gasteiger partial charge in [-0.2, -0.15) is 0 Å². The Kier molecular flexibility index (Phi) is 9.67. The van der Waals surface area contributed by atoms with E-state index in [9.17, 15) is 14.0 Å². The summed E-state index contributed by atoms with van der Waals surface area (Å²) in [5.74, 6) is -1.43. The topological polar surface area (TPSA) is 107 Å². The largest absolute Gasteiger partial charge is 0.493 e. The van der Waals surface area contributed by atoms with Gasteiger partial charge < -0.3 is 24.8 Å². The molecule has 0 spiro atoms. The number of amides is 2. The first-order chi connectivity index (χ1) is 22.4. The van der Waals surface area contributed by atoms with Crippen LogP contribution in [0.2, 0.25) is 0 Å². The molecule has 1 fully saturated rings. The van der Waals surface area contributed by atoms with E-state index in [1.54, 1.807) is 45.4 Å². The van der Waals surface area contributed by atoms with Gasteiger partial charge in [0.05, 0.1) is 24.9 Å². The Morgan fingerprint density at radius 2 is 1.60 bits per heavy atom. The zero-order valence-corrected chi connectivity index (χ0v) is 27.3. The number of rotatable bonds is 14. The van der Waals surface area contributed by atoms with Crippen molar-refractivity contribution < 1.29 is 32.6 Å². The SMILES string of the molecule is CCN(CC)CCCOc1cc2nccc(Oc3ccc(N(C(=O)C4(C(N)=O)CC4(C)C)c4ccc(F)cc4)cc3F)c2cc1OC. The predicted octanol–water partition coefficient (Wildman–Crippen LogP) is 6.99. The van der Waals surface area contributed by atoms with Crippen LogP contribution >= 0.6 is 0 Å². The standard InChI is InChI=1S/C36H40F2N4O5/c1-6-41(7-2)17-8-18-46-32-21-28-26(20-31(32)45-5)29(15-16-40-28)47-30-14-13-25(19-27(30)38)42(24-11-9-23(37)10-12-24)34(44)36(33(39)43)22-35(36,3)4/h9-16,19-21H,6-8,17-18,22H2,1-5H3,(H2,39,43). The van der Waals surface area contributed by atoms with Gasteiger partial charge in [-0.1, -0.05) is 27.7 Å². The third-order valence-electron chi connectivity index (χ3n) is 8.96. The van der Waals surface area contributed by atoms with Crippen LogP contribution in [-0.4, -0.2) is 55.0 Å². The quantitative estimate of drug-likeness (QED) is 0.116. The molecule has 1 heterocycles. The maximum Gasteiger partial charge on any atom is 0.247 e. The van der Waals surface area contributed by atoms with Crippen molar-refractivity contribution in [2.75, 3.05) is 38.3 Å². The van der Waals surface area contributed by atoms with Crippen molar-refractivity contribution in [1.29, 1.82) is 0 Å². The van der Waals surface area contributed by atoms with Crippen LogP contribution in [0.3, 0.4) is 0 Å². The van der Waals surface area contributed by atoms with Gasteiger partial charge in [0, 0.05) is 35.9 Å². The Labute approximate surface area is 273 Å². The second-order valence-corrected chi connectivity index (χ2v) is 12.2. The summed E-state index contributed by atoms with van der Waals surface area (Å²) >= 11 is 0. The van der Waals surface area contributed by atoms with E-state index in [2.05, 4.69) is 23.7 Å². The predicted molar refractivity (Wildman–Crippen MR) is 176 cm³/mol. The molecule has 0 radical (unpaired) electrons. The van der Waals surface area contributed by atoms with Crippen molar-refractivity contribution in [3.8, 4) is 23.0 Å². The first-order valence-corrected chi connectivity index (χ1v) is 15.6. The molecule has 0 saturated heterocycles. The molecule has 9 nitrogen and oxygen atoms in total. The molecule has 2 N–H and O–H groups in total. The summed E-state index contributed by atoms with van der Waals surface area (Å²) in [5, 5.41) is 0.575. The van der Waals surface area contributed by atoms with E-state index in [0.717, 1.165) is 32.1 Å². The number of primary amides is 1. The Bertz CT molecular complexity index is 1780. The summed E-state index contributed by atoms with van der Waals surface area (Å²) in [7, 11) is 1.54. The Morgan fingerprint density at radius 1 is 0.915 bits per heavy atom. The average molecular weight is 647 g/mol. The normalized spacial score (nSPS) is 16.6. The smallest absolute Gasteiger partial charge is 0.247 e. The summed E-state index contributed by atoms with van der Waals surface area (Å²) < 4.78 is 47.2. The first kappa shape index (κ1) is 33.6. The molecule has 1 saturated carbocycles. The van der Waals surface area contributed by atoms with E-state index in [1.807, 2.05) is 0 Å². The average Bonchev–Trinajstić information content (AvgIpc) is 3.66. The molecule has 4 aromatic rings. The molecule has 47 heavy (non-hydrogen) atoms. The summed E-state index contributed by atoms with van der Waals surface area (Å²) in [4.78, 5) is 34.5.